The Hall–Kier alpha value is -2.45. The Kier molecular flexibility index (Phi) is 7.39. The highest BCUT2D eigenvalue weighted by Gasteiger charge is 2.09. The second-order valence-corrected chi connectivity index (χ2v) is 8.30. The molecule has 0 radical (unpaired) electrons. The van der Waals surface area contributed by atoms with Crippen molar-refractivity contribution in [3.8, 4) is 5.75 Å². The summed E-state index contributed by atoms with van der Waals surface area (Å²) in [4.78, 5) is 12.0. The number of amides is 1. The van der Waals surface area contributed by atoms with Gasteiger partial charge in [0.2, 0.25) is 11.0 Å². The van der Waals surface area contributed by atoms with Crippen LogP contribution in [-0.2, 0) is 10.5 Å². The van der Waals surface area contributed by atoms with Crippen molar-refractivity contribution in [2.75, 3.05) is 11.9 Å². The number of anilines is 1. The van der Waals surface area contributed by atoms with Gasteiger partial charge in [-0.15, -0.1) is 10.2 Å². The van der Waals surface area contributed by atoms with E-state index in [0.717, 1.165) is 15.7 Å². The Labute approximate surface area is 171 Å². The van der Waals surface area contributed by atoms with Crippen molar-refractivity contribution < 1.29 is 13.9 Å². The number of hydrogen-bond donors (Lipinski definition) is 1. The Bertz CT molecular complexity index is 899. The summed E-state index contributed by atoms with van der Waals surface area (Å²) in [5, 5.41) is 11.3. The summed E-state index contributed by atoms with van der Waals surface area (Å²) in [6.07, 6.45) is 0.966. The molecule has 0 saturated carbocycles. The van der Waals surface area contributed by atoms with Gasteiger partial charge in [0.15, 0.2) is 4.34 Å². The summed E-state index contributed by atoms with van der Waals surface area (Å²) >= 11 is 2.82. The zero-order valence-corrected chi connectivity index (χ0v) is 17.0. The zero-order valence-electron chi connectivity index (χ0n) is 15.4. The first-order chi connectivity index (χ1) is 13.6. The summed E-state index contributed by atoms with van der Waals surface area (Å²) in [6.45, 7) is 2.50. The topological polar surface area (TPSA) is 64.1 Å². The molecular weight excluding hydrogens is 397 g/mol. The van der Waals surface area contributed by atoms with Crippen molar-refractivity contribution in [1.82, 2.24) is 10.2 Å². The SMILES string of the molecule is Cc1ccc(OCCCC(=O)Nc2nnc(SCc3ccc(F)cc3)s2)cc1. The van der Waals surface area contributed by atoms with Crippen LogP contribution >= 0.6 is 23.1 Å². The molecule has 0 aliphatic rings. The number of nitrogens with zero attached hydrogens (tertiary/aromatic N) is 2. The highest BCUT2D eigenvalue weighted by Crippen LogP contribution is 2.28. The molecule has 146 valence electrons. The zero-order chi connectivity index (χ0) is 19.8. The van der Waals surface area contributed by atoms with Gasteiger partial charge in [-0.25, -0.2) is 4.39 Å². The van der Waals surface area contributed by atoms with Gasteiger partial charge in [-0.2, -0.15) is 0 Å². The summed E-state index contributed by atoms with van der Waals surface area (Å²) in [5.41, 5.74) is 2.18. The number of hydrogen-bond acceptors (Lipinski definition) is 6. The van der Waals surface area contributed by atoms with Crippen LogP contribution in [-0.4, -0.2) is 22.7 Å². The van der Waals surface area contributed by atoms with E-state index in [4.69, 9.17) is 4.74 Å². The minimum atomic E-state index is -0.251. The Morgan fingerprint density at radius 2 is 1.89 bits per heavy atom. The van der Waals surface area contributed by atoms with E-state index in [2.05, 4.69) is 15.5 Å². The fourth-order valence-electron chi connectivity index (χ4n) is 2.28. The predicted octanol–water partition coefficient (Wildman–Crippen LogP) is 5.08. The van der Waals surface area contributed by atoms with Crippen molar-refractivity contribution in [1.29, 1.82) is 0 Å². The molecule has 1 amide bonds. The van der Waals surface area contributed by atoms with Crippen molar-refractivity contribution >= 4 is 34.1 Å². The summed E-state index contributed by atoms with van der Waals surface area (Å²) in [5.74, 6) is 1.11. The second-order valence-electron chi connectivity index (χ2n) is 6.10. The molecule has 8 heteroatoms. The van der Waals surface area contributed by atoms with Gasteiger partial charge < -0.3 is 10.1 Å². The predicted molar refractivity (Wildman–Crippen MR) is 110 cm³/mol. The number of carbonyl (C=O) groups excluding carboxylic acids is 1. The molecule has 3 rings (SSSR count). The van der Waals surface area contributed by atoms with Crippen LogP contribution in [0.4, 0.5) is 9.52 Å². The number of rotatable bonds is 9. The number of nitrogens with one attached hydrogen (secondary N) is 1. The van der Waals surface area contributed by atoms with Crippen LogP contribution in [0.15, 0.2) is 52.9 Å². The molecule has 0 fully saturated rings. The first-order valence-electron chi connectivity index (χ1n) is 8.78. The lowest BCUT2D eigenvalue weighted by Crippen LogP contribution is -2.12. The Morgan fingerprint density at radius 1 is 1.14 bits per heavy atom. The van der Waals surface area contributed by atoms with E-state index in [-0.39, 0.29) is 11.7 Å². The Morgan fingerprint density at radius 3 is 2.64 bits per heavy atom. The van der Waals surface area contributed by atoms with Gasteiger partial charge >= 0.3 is 0 Å². The van der Waals surface area contributed by atoms with E-state index in [9.17, 15) is 9.18 Å². The number of aryl methyl sites for hydroxylation is 1. The standard InChI is InChI=1S/C20H20FN3O2S2/c1-14-4-10-17(11-5-14)26-12-2-3-18(25)22-19-23-24-20(28-19)27-13-15-6-8-16(21)9-7-15/h4-11H,2-3,12-13H2,1H3,(H,22,23,25). The summed E-state index contributed by atoms with van der Waals surface area (Å²) in [6, 6.07) is 14.2. The molecule has 2 aromatic carbocycles. The molecule has 0 atom stereocenters. The minimum absolute atomic E-state index is 0.112. The van der Waals surface area contributed by atoms with Gasteiger partial charge in [-0.1, -0.05) is 52.9 Å². The number of halogens is 1. The average Bonchev–Trinajstić information content (AvgIpc) is 3.13. The maximum Gasteiger partial charge on any atom is 0.226 e. The second kappa shape index (κ2) is 10.2. The van der Waals surface area contributed by atoms with Crippen LogP contribution in [0.25, 0.3) is 0 Å². The average molecular weight is 418 g/mol. The molecule has 1 N–H and O–H groups in total. The smallest absolute Gasteiger partial charge is 0.226 e. The van der Waals surface area contributed by atoms with Crippen LogP contribution < -0.4 is 10.1 Å². The molecule has 28 heavy (non-hydrogen) atoms. The molecule has 0 aliphatic heterocycles. The van der Waals surface area contributed by atoms with Crippen molar-refractivity contribution in [3.05, 3.63) is 65.5 Å². The van der Waals surface area contributed by atoms with Crippen LogP contribution in [0.1, 0.15) is 24.0 Å². The van der Waals surface area contributed by atoms with Crippen LogP contribution in [0.2, 0.25) is 0 Å². The van der Waals surface area contributed by atoms with Gasteiger partial charge in [0.05, 0.1) is 6.61 Å². The third-order valence-corrected chi connectivity index (χ3v) is 5.81. The molecule has 0 spiro atoms. The summed E-state index contributed by atoms with van der Waals surface area (Å²) in [7, 11) is 0. The van der Waals surface area contributed by atoms with Crippen molar-refractivity contribution in [3.63, 3.8) is 0 Å². The molecule has 0 unspecified atom stereocenters. The van der Waals surface area contributed by atoms with Gasteiger partial charge in [-0.05, 0) is 43.2 Å². The van der Waals surface area contributed by atoms with Crippen molar-refractivity contribution in [2.45, 2.75) is 29.9 Å². The number of aromatic nitrogens is 2. The van der Waals surface area contributed by atoms with Gasteiger partial charge in [0, 0.05) is 12.2 Å². The first-order valence-corrected chi connectivity index (χ1v) is 10.6. The third-order valence-electron chi connectivity index (χ3n) is 3.77. The fraction of sp³-hybridized carbons (Fsp3) is 0.250. The van der Waals surface area contributed by atoms with E-state index in [1.807, 2.05) is 31.2 Å². The lowest BCUT2D eigenvalue weighted by molar-refractivity contribution is -0.116. The number of ether oxygens (including phenoxy) is 1. The van der Waals surface area contributed by atoms with Crippen LogP contribution in [0.5, 0.6) is 5.75 Å². The number of thioether (sulfide) groups is 1. The highest BCUT2D eigenvalue weighted by molar-refractivity contribution is 8.00. The maximum atomic E-state index is 12.9. The Balaban J connectivity index is 1.36. The molecule has 0 saturated heterocycles. The quantitative estimate of drug-likeness (QED) is 0.299. The normalized spacial score (nSPS) is 10.6. The third kappa shape index (κ3) is 6.61. The monoisotopic (exact) mass is 417 g/mol. The van der Waals surface area contributed by atoms with Gasteiger partial charge in [0.1, 0.15) is 11.6 Å². The van der Waals surface area contributed by atoms with E-state index in [1.165, 1.54) is 40.8 Å². The van der Waals surface area contributed by atoms with Crippen molar-refractivity contribution in [2.24, 2.45) is 0 Å². The molecule has 0 bridgehead atoms. The number of carbonyl (C=O) groups is 1. The summed E-state index contributed by atoms with van der Waals surface area (Å²) < 4.78 is 19.3. The molecule has 1 aromatic heterocycles. The van der Waals surface area contributed by atoms with Crippen LogP contribution in [0.3, 0.4) is 0 Å². The lowest BCUT2D eigenvalue weighted by Gasteiger charge is -2.06. The van der Waals surface area contributed by atoms with Gasteiger partial charge in [0.25, 0.3) is 0 Å². The molecule has 3 aromatic rings. The largest absolute Gasteiger partial charge is 0.494 e. The van der Waals surface area contributed by atoms with E-state index < -0.39 is 0 Å². The molecule has 5 nitrogen and oxygen atoms in total. The first kappa shape index (κ1) is 20.3. The highest BCUT2D eigenvalue weighted by atomic mass is 32.2. The van der Waals surface area contributed by atoms with E-state index in [1.54, 1.807) is 12.1 Å². The molecular formula is C20H20FN3O2S2. The molecule has 0 aliphatic carbocycles. The van der Waals surface area contributed by atoms with Crippen LogP contribution in [0, 0.1) is 12.7 Å². The maximum absolute atomic E-state index is 12.9. The van der Waals surface area contributed by atoms with Gasteiger partial charge in [-0.3, -0.25) is 4.79 Å². The fourth-order valence-corrected chi connectivity index (χ4v) is 4.01. The number of benzene rings is 2. The van der Waals surface area contributed by atoms with E-state index >= 15 is 0 Å². The minimum Gasteiger partial charge on any atom is -0.494 e. The van der Waals surface area contributed by atoms with E-state index in [0.29, 0.717) is 30.3 Å². The molecule has 1 heterocycles. The lowest BCUT2D eigenvalue weighted by atomic mass is 10.2.